The van der Waals surface area contributed by atoms with Gasteiger partial charge in [0.25, 0.3) is 0 Å². The number of rotatable bonds is 2. The van der Waals surface area contributed by atoms with Crippen molar-refractivity contribution in [1.29, 1.82) is 0 Å². The van der Waals surface area contributed by atoms with Gasteiger partial charge in [-0.05, 0) is 37.1 Å². The molecular formula is C12H12N2O3. The molecule has 1 aliphatic carbocycles. The highest BCUT2D eigenvalue weighted by Gasteiger charge is 2.33. The molecule has 1 fully saturated rings. The Balaban J connectivity index is 1.82. The lowest BCUT2D eigenvalue weighted by atomic mass is 9.82. The summed E-state index contributed by atoms with van der Waals surface area (Å²) in [4.78, 5) is 4.30. The fourth-order valence-electron chi connectivity index (χ4n) is 1.92. The third kappa shape index (κ3) is 1.89. The molecule has 5 heteroatoms. The Bertz CT molecular complexity index is 515. The second kappa shape index (κ2) is 3.85. The minimum absolute atomic E-state index is 0.184. The molecule has 3 rings (SSSR count). The van der Waals surface area contributed by atoms with Gasteiger partial charge in [0, 0.05) is 11.5 Å². The van der Waals surface area contributed by atoms with E-state index in [0.29, 0.717) is 24.6 Å². The van der Waals surface area contributed by atoms with Crippen molar-refractivity contribution in [3.8, 4) is 17.1 Å². The molecule has 0 unspecified atom stereocenters. The largest absolute Gasteiger partial charge is 0.508 e. The van der Waals surface area contributed by atoms with Gasteiger partial charge in [-0.25, -0.2) is 0 Å². The third-order valence-corrected chi connectivity index (χ3v) is 3.03. The summed E-state index contributed by atoms with van der Waals surface area (Å²) in [5.41, 5.74) is 0.803. The zero-order valence-electron chi connectivity index (χ0n) is 9.08. The zero-order valence-corrected chi connectivity index (χ0v) is 9.08. The number of hydrogen-bond donors (Lipinski definition) is 2. The van der Waals surface area contributed by atoms with E-state index in [1.807, 2.05) is 0 Å². The molecule has 17 heavy (non-hydrogen) atoms. The van der Waals surface area contributed by atoms with Gasteiger partial charge >= 0.3 is 0 Å². The maximum atomic E-state index is 9.22. The predicted octanol–water partition coefficient (Wildman–Crippen LogP) is 1.68. The van der Waals surface area contributed by atoms with Gasteiger partial charge in [0.2, 0.25) is 11.7 Å². The van der Waals surface area contributed by atoms with E-state index in [-0.39, 0.29) is 17.8 Å². The monoisotopic (exact) mass is 232 g/mol. The van der Waals surface area contributed by atoms with Crippen LogP contribution in [0, 0.1) is 0 Å². The minimum atomic E-state index is -0.232. The van der Waals surface area contributed by atoms with Crippen LogP contribution in [0.4, 0.5) is 0 Å². The summed E-state index contributed by atoms with van der Waals surface area (Å²) in [5, 5.41) is 22.3. The Morgan fingerprint density at radius 3 is 2.53 bits per heavy atom. The zero-order chi connectivity index (χ0) is 11.8. The topological polar surface area (TPSA) is 79.4 Å². The standard InChI is InChI=1S/C12H12N2O3/c15-9-3-1-7(2-4-9)11-13-12(17-14-11)8-5-10(16)6-8/h1-4,8,10,15-16H,5-6H2. The molecule has 0 atom stereocenters. The van der Waals surface area contributed by atoms with E-state index >= 15 is 0 Å². The van der Waals surface area contributed by atoms with Crippen LogP contribution < -0.4 is 0 Å². The summed E-state index contributed by atoms with van der Waals surface area (Å²) in [6.07, 6.45) is 1.15. The number of aromatic hydroxyl groups is 1. The Hall–Kier alpha value is -1.88. The molecule has 1 aromatic carbocycles. The van der Waals surface area contributed by atoms with Crippen molar-refractivity contribution in [3.05, 3.63) is 30.2 Å². The van der Waals surface area contributed by atoms with Crippen LogP contribution in [0.3, 0.4) is 0 Å². The Labute approximate surface area is 97.7 Å². The minimum Gasteiger partial charge on any atom is -0.508 e. The summed E-state index contributed by atoms with van der Waals surface area (Å²) in [6.45, 7) is 0. The SMILES string of the molecule is Oc1ccc(-c2noc(C3CC(O)C3)n2)cc1. The van der Waals surface area contributed by atoms with Crippen LogP contribution in [-0.4, -0.2) is 26.5 Å². The van der Waals surface area contributed by atoms with Crippen molar-refractivity contribution in [2.24, 2.45) is 0 Å². The van der Waals surface area contributed by atoms with Gasteiger partial charge in [-0.3, -0.25) is 0 Å². The average Bonchev–Trinajstić information content (AvgIpc) is 2.75. The molecule has 5 nitrogen and oxygen atoms in total. The van der Waals surface area contributed by atoms with E-state index in [2.05, 4.69) is 10.1 Å². The normalized spacial score (nSPS) is 23.4. The van der Waals surface area contributed by atoms with Gasteiger partial charge in [-0.2, -0.15) is 4.98 Å². The van der Waals surface area contributed by atoms with Crippen molar-refractivity contribution in [3.63, 3.8) is 0 Å². The second-order valence-electron chi connectivity index (χ2n) is 4.33. The molecule has 0 saturated heterocycles. The van der Waals surface area contributed by atoms with Crippen molar-refractivity contribution in [2.75, 3.05) is 0 Å². The van der Waals surface area contributed by atoms with Crippen LogP contribution in [-0.2, 0) is 0 Å². The Kier molecular flexibility index (Phi) is 2.33. The maximum absolute atomic E-state index is 9.22. The van der Waals surface area contributed by atoms with Crippen LogP contribution in [0.2, 0.25) is 0 Å². The maximum Gasteiger partial charge on any atom is 0.230 e. The van der Waals surface area contributed by atoms with E-state index < -0.39 is 0 Å². The third-order valence-electron chi connectivity index (χ3n) is 3.03. The highest BCUT2D eigenvalue weighted by Crippen LogP contribution is 2.36. The number of phenols is 1. The highest BCUT2D eigenvalue weighted by atomic mass is 16.5. The molecule has 88 valence electrons. The molecule has 0 radical (unpaired) electrons. The summed E-state index contributed by atoms with van der Waals surface area (Å²) >= 11 is 0. The molecule has 1 aromatic heterocycles. The molecule has 1 saturated carbocycles. The smallest absolute Gasteiger partial charge is 0.230 e. The molecule has 2 aromatic rings. The van der Waals surface area contributed by atoms with Gasteiger partial charge in [-0.15, -0.1) is 0 Å². The summed E-state index contributed by atoms with van der Waals surface area (Å²) in [7, 11) is 0. The highest BCUT2D eigenvalue weighted by molar-refractivity contribution is 5.55. The van der Waals surface area contributed by atoms with Crippen molar-refractivity contribution < 1.29 is 14.7 Å². The van der Waals surface area contributed by atoms with Crippen LogP contribution in [0.1, 0.15) is 24.7 Å². The van der Waals surface area contributed by atoms with Crippen LogP contribution in [0.5, 0.6) is 5.75 Å². The second-order valence-corrected chi connectivity index (χ2v) is 4.33. The summed E-state index contributed by atoms with van der Waals surface area (Å²) in [6, 6.07) is 6.64. The first-order chi connectivity index (χ1) is 8.22. The van der Waals surface area contributed by atoms with Gasteiger partial charge in [-0.1, -0.05) is 5.16 Å². The van der Waals surface area contributed by atoms with Crippen LogP contribution >= 0.6 is 0 Å². The number of phenolic OH excluding ortho intramolecular Hbond substituents is 1. The number of benzene rings is 1. The van der Waals surface area contributed by atoms with Crippen LogP contribution in [0.25, 0.3) is 11.4 Å². The quantitative estimate of drug-likeness (QED) is 0.823. The van der Waals surface area contributed by atoms with Gasteiger partial charge in [0.05, 0.1) is 6.10 Å². The first-order valence-electron chi connectivity index (χ1n) is 5.53. The predicted molar refractivity (Wildman–Crippen MR) is 59.4 cm³/mol. The molecule has 0 aliphatic heterocycles. The van der Waals surface area contributed by atoms with Crippen molar-refractivity contribution in [1.82, 2.24) is 10.1 Å². The number of aliphatic hydroxyl groups excluding tert-OH is 1. The fraction of sp³-hybridized carbons (Fsp3) is 0.333. The first-order valence-corrected chi connectivity index (χ1v) is 5.53. The van der Waals surface area contributed by atoms with E-state index in [1.165, 1.54) is 0 Å². The van der Waals surface area contributed by atoms with E-state index in [1.54, 1.807) is 24.3 Å². The molecular weight excluding hydrogens is 220 g/mol. The molecule has 0 spiro atoms. The molecule has 1 heterocycles. The van der Waals surface area contributed by atoms with Crippen molar-refractivity contribution >= 4 is 0 Å². The summed E-state index contributed by atoms with van der Waals surface area (Å²) < 4.78 is 5.17. The van der Waals surface area contributed by atoms with Gasteiger partial charge in [0.15, 0.2) is 0 Å². The molecule has 0 amide bonds. The van der Waals surface area contributed by atoms with Gasteiger partial charge < -0.3 is 14.7 Å². The number of aliphatic hydroxyl groups is 1. The van der Waals surface area contributed by atoms with E-state index in [0.717, 1.165) is 5.56 Å². The number of aromatic nitrogens is 2. The fourth-order valence-corrected chi connectivity index (χ4v) is 1.92. The lowest BCUT2D eigenvalue weighted by Crippen LogP contribution is -2.26. The lowest BCUT2D eigenvalue weighted by molar-refractivity contribution is 0.0625. The van der Waals surface area contributed by atoms with Gasteiger partial charge in [0.1, 0.15) is 5.75 Å². The molecule has 1 aliphatic rings. The Morgan fingerprint density at radius 2 is 1.88 bits per heavy atom. The first kappa shape index (κ1) is 10.3. The van der Waals surface area contributed by atoms with E-state index in [9.17, 15) is 10.2 Å². The molecule has 0 bridgehead atoms. The molecule has 2 N–H and O–H groups in total. The van der Waals surface area contributed by atoms with Crippen LogP contribution in [0.15, 0.2) is 28.8 Å². The number of hydrogen-bond acceptors (Lipinski definition) is 5. The average molecular weight is 232 g/mol. The summed E-state index contributed by atoms with van der Waals surface area (Å²) in [5.74, 6) is 1.49. The lowest BCUT2D eigenvalue weighted by Gasteiger charge is -2.27. The number of nitrogens with zero attached hydrogens (tertiary/aromatic N) is 2. The Morgan fingerprint density at radius 1 is 1.18 bits per heavy atom. The van der Waals surface area contributed by atoms with E-state index in [4.69, 9.17) is 4.52 Å². The van der Waals surface area contributed by atoms with Crippen molar-refractivity contribution in [2.45, 2.75) is 24.9 Å².